The van der Waals surface area contributed by atoms with Crippen LogP contribution in [0.15, 0.2) is 0 Å². The predicted molar refractivity (Wildman–Crippen MR) is 91.2 cm³/mol. The molecule has 0 saturated heterocycles. The second-order valence-electron chi connectivity index (χ2n) is 6.29. The molecule has 2 unspecified atom stereocenters. The van der Waals surface area contributed by atoms with E-state index in [9.17, 15) is 0 Å². The minimum Gasteiger partial charge on any atom is -0.328 e. The Bertz CT molecular complexity index is 202. The molecule has 0 bridgehead atoms. The van der Waals surface area contributed by atoms with Gasteiger partial charge in [0.05, 0.1) is 0 Å². The van der Waals surface area contributed by atoms with Crippen molar-refractivity contribution in [2.45, 2.75) is 66.3 Å². The van der Waals surface area contributed by atoms with Crippen molar-refractivity contribution in [3.63, 3.8) is 0 Å². The first-order valence-electron chi connectivity index (χ1n) is 8.73. The highest BCUT2D eigenvalue weighted by atomic mass is 15.1. The first-order chi connectivity index (χ1) is 9.53. The van der Waals surface area contributed by atoms with Gasteiger partial charge in [0, 0.05) is 12.6 Å². The van der Waals surface area contributed by atoms with Gasteiger partial charge in [-0.05, 0) is 64.8 Å². The van der Waals surface area contributed by atoms with E-state index in [4.69, 9.17) is 5.73 Å². The fourth-order valence-electron chi connectivity index (χ4n) is 2.76. The van der Waals surface area contributed by atoms with Crippen LogP contribution in [0.2, 0.25) is 0 Å². The summed E-state index contributed by atoms with van der Waals surface area (Å²) in [6, 6.07) is 0.360. The average Bonchev–Trinajstić information content (AvgIpc) is 2.41. The van der Waals surface area contributed by atoms with E-state index in [2.05, 4.69) is 44.4 Å². The standard InChI is InChI=1S/C17H39N3/c1-6-19(7-2)13-10-14-20(8-3)15-16(4)11-9-12-17(5)18/h16-17H,6-15,18H2,1-5H3. The molecule has 0 aliphatic rings. The van der Waals surface area contributed by atoms with E-state index in [1.165, 1.54) is 65.0 Å². The Balaban J connectivity index is 3.78. The number of hydrogen-bond donors (Lipinski definition) is 1. The van der Waals surface area contributed by atoms with E-state index in [1.807, 2.05) is 0 Å². The van der Waals surface area contributed by atoms with Gasteiger partial charge in [-0.25, -0.2) is 0 Å². The lowest BCUT2D eigenvalue weighted by atomic mass is 10.0. The molecule has 2 atom stereocenters. The van der Waals surface area contributed by atoms with Crippen molar-refractivity contribution in [3.05, 3.63) is 0 Å². The Morgan fingerprint density at radius 1 is 0.800 bits per heavy atom. The van der Waals surface area contributed by atoms with E-state index in [0.29, 0.717) is 6.04 Å². The van der Waals surface area contributed by atoms with Crippen LogP contribution in [0.4, 0.5) is 0 Å². The van der Waals surface area contributed by atoms with Crippen molar-refractivity contribution in [1.82, 2.24) is 9.80 Å². The highest BCUT2D eigenvalue weighted by Crippen LogP contribution is 2.11. The molecular formula is C17H39N3. The SMILES string of the molecule is CCN(CC)CCCN(CC)CC(C)CCCC(C)N. The molecule has 20 heavy (non-hydrogen) atoms. The smallest absolute Gasteiger partial charge is 0.00104 e. The normalized spacial score (nSPS) is 15.0. The van der Waals surface area contributed by atoms with E-state index < -0.39 is 0 Å². The Hall–Kier alpha value is -0.120. The Labute approximate surface area is 127 Å². The summed E-state index contributed by atoms with van der Waals surface area (Å²) < 4.78 is 0. The van der Waals surface area contributed by atoms with Gasteiger partial charge in [-0.3, -0.25) is 0 Å². The third-order valence-electron chi connectivity index (χ3n) is 4.22. The van der Waals surface area contributed by atoms with Gasteiger partial charge in [0.2, 0.25) is 0 Å². The van der Waals surface area contributed by atoms with Gasteiger partial charge in [0.25, 0.3) is 0 Å². The highest BCUT2D eigenvalue weighted by molar-refractivity contribution is 4.65. The molecule has 0 aromatic heterocycles. The molecule has 0 fully saturated rings. The quantitative estimate of drug-likeness (QED) is 0.564. The molecule has 0 saturated carbocycles. The van der Waals surface area contributed by atoms with Crippen molar-refractivity contribution in [3.8, 4) is 0 Å². The molecule has 0 aromatic carbocycles. The Kier molecular flexibility index (Phi) is 12.5. The summed E-state index contributed by atoms with van der Waals surface area (Å²) in [5.41, 5.74) is 5.81. The van der Waals surface area contributed by atoms with Crippen LogP contribution in [0, 0.1) is 5.92 Å². The zero-order valence-electron chi connectivity index (χ0n) is 14.7. The lowest BCUT2D eigenvalue weighted by Gasteiger charge is -2.26. The van der Waals surface area contributed by atoms with Gasteiger partial charge in [-0.1, -0.05) is 34.1 Å². The summed E-state index contributed by atoms with van der Waals surface area (Å²) >= 11 is 0. The predicted octanol–water partition coefficient (Wildman–Crippen LogP) is 3.19. The van der Waals surface area contributed by atoms with Crippen LogP contribution in [0.25, 0.3) is 0 Å². The average molecular weight is 286 g/mol. The van der Waals surface area contributed by atoms with Crippen molar-refractivity contribution < 1.29 is 0 Å². The van der Waals surface area contributed by atoms with Crippen molar-refractivity contribution >= 4 is 0 Å². The second kappa shape index (κ2) is 12.6. The maximum atomic E-state index is 5.81. The van der Waals surface area contributed by atoms with Gasteiger partial charge >= 0.3 is 0 Å². The fraction of sp³-hybridized carbons (Fsp3) is 1.00. The minimum absolute atomic E-state index is 0.360. The summed E-state index contributed by atoms with van der Waals surface area (Å²) in [7, 11) is 0. The maximum absolute atomic E-state index is 5.81. The zero-order chi connectivity index (χ0) is 15.4. The van der Waals surface area contributed by atoms with Crippen LogP contribution in [0.3, 0.4) is 0 Å². The number of nitrogens with two attached hydrogens (primary N) is 1. The second-order valence-corrected chi connectivity index (χ2v) is 6.29. The van der Waals surface area contributed by atoms with Crippen LogP contribution in [-0.4, -0.2) is 55.1 Å². The molecular weight excluding hydrogens is 246 g/mol. The van der Waals surface area contributed by atoms with Crippen molar-refractivity contribution in [2.75, 3.05) is 39.3 Å². The molecule has 3 nitrogen and oxygen atoms in total. The first-order valence-corrected chi connectivity index (χ1v) is 8.73. The third-order valence-corrected chi connectivity index (χ3v) is 4.22. The summed E-state index contributed by atoms with van der Waals surface area (Å²) in [6.45, 7) is 18.5. The van der Waals surface area contributed by atoms with E-state index >= 15 is 0 Å². The summed E-state index contributed by atoms with van der Waals surface area (Å²) in [5, 5.41) is 0. The molecule has 0 spiro atoms. The lowest BCUT2D eigenvalue weighted by molar-refractivity contribution is 0.216. The molecule has 0 aliphatic heterocycles. The summed E-state index contributed by atoms with van der Waals surface area (Å²) in [5.74, 6) is 0.794. The van der Waals surface area contributed by atoms with Gasteiger partial charge in [-0.15, -0.1) is 0 Å². The van der Waals surface area contributed by atoms with Crippen LogP contribution < -0.4 is 5.73 Å². The largest absolute Gasteiger partial charge is 0.328 e. The van der Waals surface area contributed by atoms with Crippen molar-refractivity contribution in [1.29, 1.82) is 0 Å². The molecule has 0 rings (SSSR count). The molecule has 122 valence electrons. The van der Waals surface area contributed by atoms with E-state index in [0.717, 1.165) is 5.92 Å². The topological polar surface area (TPSA) is 32.5 Å². The van der Waals surface area contributed by atoms with Gasteiger partial charge in [0.1, 0.15) is 0 Å². The molecule has 0 heterocycles. The number of hydrogen-bond acceptors (Lipinski definition) is 3. The van der Waals surface area contributed by atoms with Crippen LogP contribution in [-0.2, 0) is 0 Å². The van der Waals surface area contributed by atoms with Gasteiger partial charge in [0.15, 0.2) is 0 Å². The minimum atomic E-state index is 0.360. The van der Waals surface area contributed by atoms with Crippen LogP contribution in [0.5, 0.6) is 0 Å². The van der Waals surface area contributed by atoms with E-state index in [1.54, 1.807) is 0 Å². The van der Waals surface area contributed by atoms with E-state index in [-0.39, 0.29) is 0 Å². The van der Waals surface area contributed by atoms with Crippen molar-refractivity contribution in [2.24, 2.45) is 11.7 Å². The molecule has 3 heteroatoms. The van der Waals surface area contributed by atoms with Crippen LogP contribution >= 0.6 is 0 Å². The molecule has 0 amide bonds. The Morgan fingerprint density at radius 2 is 1.35 bits per heavy atom. The van der Waals surface area contributed by atoms with Crippen LogP contribution in [0.1, 0.15) is 60.3 Å². The van der Waals surface area contributed by atoms with Gasteiger partial charge < -0.3 is 15.5 Å². The molecule has 2 N–H and O–H groups in total. The molecule has 0 aromatic rings. The number of rotatable bonds is 13. The monoisotopic (exact) mass is 285 g/mol. The lowest BCUT2D eigenvalue weighted by Crippen LogP contribution is -2.32. The summed E-state index contributed by atoms with van der Waals surface area (Å²) in [6.07, 6.45) is 5.05. The summed E-state index contributed by atoms with van der Waals surface area (Å²) in [4.78, 5) is 5.12. The van der Waals surface area contributed by atoms with Gasteiger partial charge in [-0.2, -0.15) is 0 Å². The third kappa shape index (κ3) is 10.6. The molecule has 0 aliphatic carbocycles. The molecule has 0 radical (unpaired) electrons. The highest BCUT2D eigenvalue weighted by Gasteiger charge is 2.09. The fourth-order valence-corrected chi connectivity index (χ4v) is 2.76. The maximum Gasteiger partial charge on any atom is 0.00104 e. The number of nitrogens with zero attached hydrogens (tertiary/aromatic N) is 2. The first kappa shape index (κ1) is 19.9. The zero-order valence-corrected chi connectivity index (χ0v) is 14.7. The Morgan fingerprint density at radius 3 is 1.85 bits per heavy atom.